The van der Waals surface area contributed by atoms with Crippen LogP contribution < -0.4 is 10.1 Å². The second-order valence-corrected chi connectivity index (χ2v) is 10.2. The van der Waals surface area contributed by atoms with Crippen molar-refractivity contribution in [1.29, 1.82) is 0 Å². The third-order valence-electron chi connectivity index (χ3n) is 7.99. The van der Waals surface area contributed by atoms with Gasteiger partial charge in [-0.1, -0.05) is 37.1 Å². The van der Waals surface area contributed by atoms with Crippen molar-refractivity contribution < 1.29 is 9.53 Å². The number of amides is 1. The second kappa shape index (κ2) is 8.75. The van der Waals surface area contributed by atoms with Crippen molar-refractivity contribution >= 4 is 16.9 Å². The Balaban J connectivity index is 1.21. The lowest BCUT2D eigenvalue weighted by Gasteiger charge is -2.33. The van der Waals surface area contributed by atoms with Gasteiger partial charge in [-0.2, -0.15) is 5.10 Å². The number of hydrogen-bond donors (Lipinski definition) is 2. The zero-order chi connectivity index (χ0) is 24.1. The minimum atomic E-state index is -0.105. The van der Waals surface area contributed by atoms with Gasteiger partial charge >= 0.3 is 0 Å². The van der Waals surface area contributed by atoms with Gasteiger partial charge in [0, 0.05) is 41.8 Å². The van der Waals surface area contributed by atoms with Gasteiger partial charge < -0.3 is 10.1 Å². The van der Waals surface area contributed by atoms with Gasteiger partial charge in [-0.25, -0.2) is 4.98 Å². The molecule has 4 heterocycles. The lowest BCUT2D eigenvalue weighted by molar-refractivity contribution is 0.0957. The van der Waals surface area contributed by atoms with Gasteiger partial charge in [0.25, 0.3) is 5.91 Å². The summed E-state index contributed by atoms with van der Waals surface area (Å²) < 4.78 is 5.82. The Morgan fingerprint density at radius 3 is 2.78 bits per heavy atom. The first-order valence-corrected chi connectivity index (χ1v) is 13.0. The van der Waals surface area contributed by atoms with Crippen molar-refractivity contribution in [3.8, 4) is 28.1 Å². The molecule has 0 spiro atoms. The highest BCUT2D eigenvalue weighted by Gasteiger charge is 2.26. The van der Waals surface area contributed by atoms with E-state index in [1.807, 2.05) is 24.4 Å². The van der Waals surface area contributed by atoms with E-state index < -0.39 is 0 Å². The summed E-state index contributed by atoms with van der Waals surface area (Å²) in [5.41, 5.74) is 8.21. The molecule has 1 amide bonds. The van der Waals surface area contributed by atoms with Crippen LogP contribution in [0.25, 0.3) is 33.4 Å². The molecule has 3 aliphatic rings. The van der Waals surface area contributed by atoms with Crippen LogP contribution in [0.1, 0.15) is 47.2 Å². The van der Waals surface area contributed by atoms with Gasteiger partial charge in [0.2, 0.25) is 0 Å². The molecule has 2 aromatic heterocycles. The van der Waals surface area contributed by atoms with E-state index in [0.29, 0.717) is 30.1 Å². The Morgan fingerprint density at radius 1 is 0.972 bits per heavy atom. The number of nitrogens with zero attached hydrogens (tertiary/aromatic N) is 3. The first kappa shape index (κ1) is 21.6. The van der Waals surface area contributed by atoms with E-state index in [2.05, 4.69) is 49.7 Å². The molecule has 2 N–H and O–H groups in total. The first-order valence-electron chi connectivity index (χ1n) is 13.0. The van der Waals surface area contributed by atoms with Crippen LogP contribution in [0.5, 0.6) is 5.75 Å². The number of aromatic nitrogens is 3. The fraction of sp³-hybridized carbons (Fsp3) is 0.345. The van der Waals surface area contributed by atoms with Crippen molar-refractivity contribution in [1.82, 2.24) is 25.4 Å². The number of rotatable bonds is 3. The summed E-state index contributed by atoms with van der Waals surface area (Å²) in [4.78, 5) is 19.6. The molecule has 7 heteroatoms. The van der Waals surface area contributed by atoms with Crippen LogP contribution in [0.3, 0.4) is 0 Å². The fourth-order valence-electron chi connectivity index (χ4n) is 6.02. The normalized spacial score (nSPS) is 18.4. The third-order valence-corrected chi connectivity index (χ3v) is 7.99. The molecule has 0 radical (unpaired) electrons. The average molecular weight is 480 g/mol. The minimum absolute atomic E-state index is 0.105. The molecule has 2 aromatic carbocycles. The number of hydrogen-bond acceptors (Lipinski definition) is 5. The van der Waals surface area contributed by atoms with E-state index in [-0.39, 0.29) is 5.91 Å². The van der Waals surface area contributed by atoms with E-state index in [0.717, 1.165) is 47.8 Å². The summed E-state index contributed by atoms with van der Waals surface area (Å²) in [5.74, 6) is 0.488. The summed E-state index contributed by atoms with van der Waals surface area (Å²) in [6.45, 7) is 3.18. The van der Waals surface area contributed by atoms with E-state index in [4.69, 9.17) is 4.74 Å². The number of fused-ring (bicyclic) bond motifs is 3. The van der Waals surface area contributed by atoms with Gasteiger partial charge in [0.15, 0.2) is 5.65 Å². The molecule has 1 fully saturated rings. The number of nitrogens with one attached hydrogen (secondary N) is 2. The largest absolute Gasteiger partial charge is 0.491 e. The fourth-order valence-corrected chi connectivity index (χ4v) is 6.02. The Bertz CT molecular complexity index is 1470. The zero-order valence-corrected chi connectivity index (χ0v) is 20.2. The van der Waals surface area contributed by atoms with Crippen LogP contribution in [0.4, 0.5) is 0 Å². The van der Waals surface area contributed by atoms with E-state index >= 15 is 0 Å². The number of aromatic amines is 1. The monoisotopic (exact) mass is 479 g/mol. The highest BCUT2D eigenvalue weighted by molar-refractivity contribution is 5.99. The summed E-state index contributed by atoms with van der Waals surface area (Å²) in [5, 5.41) is 11.4. The summed E-state index contributed by atoms with van der Waals surface area (Å²) in [6, 6.07) is 15.5. The van der Waals surface area contributed by atoms with Crippen molar-refractivity contribution in [2.45, 2.75) is 44.7 Å². The number of H-pyrrole nitrogens is 1. The Hall–Kier alpha value is -3.71. The van der Waals surface area contributed by atoms with Crippen molar-refractivity contribution in [2.75, 3.05) is 19.7 Å². The number of pyridine rings is 1. The summed E-state index contributed by atoms with van der Waals surface area (Å²) >= 11 is 0. The Labute approximate surface area is 209 Å². The smallest absolute Gasteiger partial charge is 0.255 e. The standard InChI is InChI=1S/C29H29N5O2/c35-29-24-8-7-20(15-26(24)36-12-10-30-29)27-25-14-22(16-31-28(25)33-32-27)18-5-6-21-17-34(11-9-19(21)13-18)23-3-1-2-4-23/h5-8,13-16,23H,1-4,9-12,17H2,(H,30,35)(H,31,32,33). The molecular weight excluding hydrogens is 450 g/mol. The Morgan fingerprint density at radius 2 is 1.86 bits per heavy atom. The molecule has 0 unspecified atom stereocenters. The maximum absolute atomic E-state index is 12.3. The summed E-state index contributed by atoms with van der Waals surface area (Å²) in [6.07, 6.45) is 8.49. The lowest BCUT2D eigenvalue weighted by Crippen LogP contribution is -2.37. The van der Waals surface area contributed by atoms with Crippen molar-refractivity contribution in [3.63, 3.8) is 0 Å². The number of ether oxygens (including phenoxy) is 1. The van der Waals surface area contributed by atoms with Crippen LogP contribution in [-0.2, 0) is 13.0 Å². The molecule has 1 aliphatic carbocycles. The van der Waals surface area contributed by atoms with Gasteiger partial charge in [-0.05, 0) is 54.2 Å². The molecule has 0 bridgehead atoms. The van der Waals surface area contributed by atoms with Crippen LogP contribution in [0.2, 0.25) is 0 Å². The van der Waals surface area contributed by atoms with Gasteiger partial charge in [-0.3, -0.25) is 14.8 Å². The van der Waals surface area contributed by atoms with Gasteiger partial charge in [0.05, 0.1) is 17.8 Å². The Kier molecular flexibility index (Phi) is 5.24. The number of carbonyl (C=O) groups is 1. The number of benzene rings is 2. The molecule has 2 aliphatic heterocycles. The topological polar surface area (TPSA) is 83.1 Å². The lowest BCUT2D eigenvalue weighted by atomic mass is 9.93. The van der Waals surface area contributed by atoms with E-state index in [1.165, 1.54) is 42.4 Å². The second-order valence-electron chi connectivity index (χ2n) is 10.2. The van der Waals surface area contributed by atoms with Crippen molar-refractivity contribution in [2.24, 2.45) is 0 Å². The minimum Gasteiger partial charge on any atom is -0.491 e. The molecule has 7 nitrogen and oxygen atoms in total. The van der Waals surface area contributed by atoms with Gasteiger partial charge in [0.1, 0.15) is 12.4 Å². The molecule has 7 rings (SSSR count). The first-order chi connectivity index (χ1) is 17.7. The van der Waals surface area contributed by atoms with Crippen LogP contribution >= 0.6 is 0 Å². The highest BCUT2D eigenvalue weighted by Crippen LogP contribution is 2.34. The van der Waals surface area contributed by atoms with Crippen LogP contribution in [0, 0.1) is 0 Å². The molecular formula is C29H29N5O2. The predicted octanol–water partition coefficient (Wildman–Crippen LogP) is 4.71. The SMILES string of the molecule is O=C1NCCOc2cc(-c3[nH]nc4ncc(-c5ccc6c(c5)CCN(C5CCCC5)C6)cc34)ccc21. The molecule has 182 valence electrons. The highest BCUT2D eigenvalue weighted by atomic mass is 16.5. The quantitative estimate of drug-likeness (QED) is 0.445. The maximum Gasteiger partial charge on any atom is 0.255 e. The zero-order valence-electron chi connectivity index (χ0n) is 20.2. The van der Waals surface area contributed by atoms with E-state index in [9.17, 15) is 4.79 Å². The molecule has 0 atom stereocenters. The number of carbonyl (C=O) groups excluding carboxylic acids is 1. The molecule has 1 saturated carbocycles. The average Bonchev–Trinajstić information content (AvgIpc) is 3.57. The summed E-state index contributed by atoms with van der Waals surface area (Å²) in [7, 11) is 0. The molecule has 36 heavy (non-hydrogen) atoms. The van der Waals surface area contributed by atoms with Crippen LogP contribution in [-0.4, -0.2) is 51.7 Å². The maximum atomic E-state index is 12.3. The van der Waals surface area contributed by atoms with E-state index in [1.54, 1.807) is 0 Å². The third kappa shape index (κ3) is 3.75. The van der Waals surface area contributed by atoms with Gasteiger partial charge in [-0.15, -0.1) is 0 Å². The predicted molar refractivity (Wildman–Crippen MR) is 139 cm³/mol. The molecule has 0 saturated heterocycles. The van der Waals surface area contributed by atoms with Crippen LogP contribution in [0.15, 0.2) is 48.7 Å². The van der Waals surface area contributed by atoms with Crippen molar-refractivity contribution in [3.05, 3.63) is 65.4 Å². The molecule has 4 aromatic rings.